The highest BCUT2D eigenvalue weighted by molar-refractivity contribution is 9.11. The van der Waals surface area contributed by atoms with Crippen LogP contribution in [0.15, 0.2) is 56.4 Å². The van der Waals surface area contributed by atoms with Crippen LogP contribution in [0.4, 0.5) is 0 Å². The van der Waals surface area contributed by atoms with Crippen LogP contribution < -0.4 is 0 Å². The maximum Gasteiger partial charge on any atom is 0.0912 e. The number of allylic oxidation sites excluding steroid dienone is 2. The summed E-state index contributed by atoms with van der Waals surface area (Å²) in [6, 6.07) is 12.3. The SMILES string of the molecule is C=CC#N.CCc1cc(/C=C/C#N)cc(CC)c1Br.CCc1cc(Br)cc(CC)c1Br. The zero-order valence-corrected chi connectivity index (χ0v) is 23.4. The van der Waals surface area contributed by atoms with Gasteiger partial charge in [-0.15, -0.1) is 0 Å². The van der Waals surface area contributed by atoms with Gasteiger partial charge in [-0.25, -0.2) is 0 Å². The molecule has 2 nitrogen and oxygen atoms in total. The van der Waals surface area contributed by atoms with Crippen LogP contribution in [-0.2, 0) is 25.7 Å². The topological polar surface area (TPSA) is 47.6 Å². The zero-order chi connectivity index (χ0) is 23.8. The van der Waals surface area contributed by atoms with Gasteiger partial charge in [0.25, 0.3) is 0 Å². The van der Waals surface area contributed by atoms with E-state index in [0.717, 1.165) is 31.2 Å². The molecule has 2 rings (SSSR count). The van der Waals surface area contributed by atoms with Crippen molar-refractivity contribution in [1.29, 1.82) is 10.5 Å². The molecule has 0 spiro atoms. The van der Waals surface area contributed by atoms with Gasteiger partial charge in [-0.2, -0.15) is 10.5 Å². The van der Waals surface area contributed by atoms with E-state index >= 15 is 0 Å². The molecular formula is C26H29Br3N2. The molecule has 164 valence electrons. The normalized spacial score (nSPS) is 9.58. The van der Waals surface area contributed by atoms with Crippen LogP contribution in [-0.4, -0.2) is 0 Å². The number of nitriles is 2. The second-order valence-electron chi connectivity index (χ2n) is 6.40. The second-order valence-corrected chi connectivity index (χ2v) is 8.90. The highest BCUT2D eigenvalue weighted by Crippen LogP contribution is 2.27. The van der Waals surface area contributed by atoms with Gasteiger partial charge in [0, 0.05) is 25.6 Å². The molecule has 0 aromatic heterocycles. The lowest BCUT2D eigenvalue weighted by Gasteiger charge is -2.08. The van der Waals surface area contributed by atoms with Gasteiger partial charge in [-0.3, -0.25) is 0 Å². The predicted octanol–water partition coefficient (Wildman–Crippen LogP) is 9.14. The summed E-state index contributed by atoms with van der Waals surface area (Å²) >= 11 is 10.7. The Balaban J connectivity index is 0.000000504. The van der Waals surface area contributed by atoms with E-state index < -0.39 is 0 Å². The summed E-state index contributed by atoms with van der Waals surface area (Å²) in [6.07, 6.45) is 8.70. The van der Waals surface area contributed by atoms with Crippen molar-refractivity contribution in [3.63, 3.8) is 0 Å². The minimum Gasteiger partial charge on any atom is -0.193 e. The first-order chi connectivity index (χ1) is 14.8. The van der Waals surface area contributed by atoms with Gasteiger partial charge in [0.15, 0.2) is 0 Å². The van der Waals surface area contributed by atoms with E-state index in [1.807, 2.05) is 12.1 Å². The monoisotopic (exact) mass is 606 g/mol. The molecule has 0 N–H and O–H groups in total. The molecule has 0 aliphatic rings. The highest BCUT2D eigenvalue weighted by Gasteiger charge is 2.05. The Morgan fingerprint density at radius 2 is 1.10 bits per heavy atom. The largest absolute Gasteiger partial charge is 0.193 e. The number of hydrogen-bond acceptors (Lipinski definition) is 2. The fraction of sp³-hybridized carbons (Fsp3) is 0.308. The van der Waals surface area contributed by atoms with Crippen molar-refractivity contribution in [3.05, 3.63) is 84.2 Å². The number of hydrogen-bond donors (Lipinski definition) is 0. The van der Waals surface area contributed by atoms with Gasteiger partial charge in [-0.05, 0) is 71.7 Å². The standard InChI is InChI=1S/C13H14BrN.C10H12Br2.C3H3N/c1-3-11-8-10(6-5-7-15)9-12(4-2)13(11)14;1-3-7-5-9(11)6-8(4-2)10(7)12;1-2-3-4/h5-6,8-9H,3-4H2,1-2H3;5-6H,3-4H2,1-2H3;2H,1H2/b6-5+;;. The third-order valence-corrected chi connectivity index (χ3v) is 6.89. The summed E-state index contributed by atoms with van der Waals surface area (Å²) < 4.78 is 3.66. The Labute approximate surface area is 213 Å². The molecule has 31 heavy (non-hydrogen) atoms. The van der Waals surface area contributed by atoms with Gasteiger partial charge in [0.05, 0.1) is 12.1 Å². The van der Waals surface area contributed by atoms with E-state index in [9.17, 15) is 0 Å². The number of nitrogens with zero attached hydrogens (tertiary/aromatic N) is 2. The van der Waals surface area contributed by atoms with E-state index in [0.29, 0.717) is 0 Å². The predicted molar refractivity (Wildman–Crippen MR) is 144 cm³/mol. The van der Waals surface area contributed by atoms with E-state index in [1.165, 1.54) is 47.8 Å². The number of aryl methyl sites for hydroxylation is 4. The molecule has 2 aromatic rings. The van der Waals surface area contributed by atoms with Crippen LogP contribution in [0.2, 0.25) is 0 Å². The lowest BCUT2D eigenvalue weighted by atomic mass is 10.0. The molecule has 0 saturated heterocycles. The molecule has 0 aliphatic carbocycles. The molecule has 0 aliphatic heterocycles. The van der Waals surface area contributed by atoms with Crippen molar-refractivity contribution in [3.8, 4) is 12.1 Å². The maximum atomic E-state index is 8.49. The lowest BCUT2D eigenvalue weighted by molar-refractivity contribution is 1.06. The van der Waals surface area contributed by atoms with Gasteiger partial charge < -0.3 is 0 Å². The van der Waals surface area contributed by atoms with Crippen LogP contribution in [0.3, 0.4) is 0 Å². The Morgan fingerprint density at radius 1 is 0.742 bits per heavy atom. The summed E-state index contributed by atoms with van der Waals surface area (Å²) in [5.74, 6) is 0. The lowest BCUT2D eigenvalue weighted by Crippen LogP contribution is -1.91. The van der Waals surface area contributed by atoms with Crippen LogP contribution in [0.5, 0.6) is 0 Å². The molecule has 2 aromatic carbocycles. The first-order valence-corrected chi connectivity index (χ1v) is 12.6. The average molecular weight is 609 g/mol. The quantitative estimate of drug-likeness (QED) is 0.318. The molecule has 0 unspecified atom stereocenters. The maximum absolute atomic E-state index is 8.49. The Bertz CT molecular complexity index is 914. The van der Waals surface area contributed by atoms with Crippen molar-refractivity contribution < 1.29 is 0 Å². The van der Waals surface area contributed by atoms with Crippen molar-refractivity contribution in [2.45, 2.75) is 53.4 Å². The smallest absolute Gasteiger partial charge is 0.0912 e. The fourth-order valence-electron chi connectivity index (χ4n) is 2.74. The van der Waals surface area contributed by atoms with Gasteiger partial charge in [0.2, 0.25) is 0 Å². The number of halogens is 3. The average Bonchev–Trinajstić information content (AvgIpc) is 2.79. The van der Waals surface area contributed by atoms with Crippen molar-refractivity contribution in [2.75, 3.05) is 0 Å². The number of rotatable bonds is 5. The van der Waals surface area contributed by atoms with Crippen molar-refractivity contribution >= 4 is 53.9 Å². The molecule has 0 fully saturated rings. The van der Waals surface area contributed by atoms with Crippen LogP contribution in [0, 0.1) is 22.7 Å². The zero-order valence-electron chi connectivity index (χ0n) is 18.6. The van der Waals surface area contributed by atoms with Crippen LogP contribution >= 0.6 is 47.8 Å². The Morgan fingerprint density at radius 3 is 1.39 bits per heavy atom. The third-order valence-electron chi connectivity index (χ3n) is 4.40. The molecule has 0 atom stereocenters. The third kappa shape index (κ3) is 10.5. The van der Waals surface area contributed by atoms with Crippen molar-refractivity contribution in [2.24, 2.45) is 0 Å². The second kappa shape index (κ2) is 17.0. The van der Waals surface area contributed by atoms with Crippen molar-refractivity contribution in [1.82, 2.24) is 0 Å². The minimum absolute atomic E-state index is 1.00. The fourth-order valence-corrected chi connectivity index (χ4v) is 4.88. The molecule has 0 heterocycles. The van der Waals surface area contributed by atoms with Crippen LogP contribution in [0.25, 0.3) is 6.08 Å². The number of benzene rings is 2. The molecule has 0 amide bonds. The van der Waals surface area contributed by atoms with Gasteiger partial charge >= 0.3 is 0 Å². The Hall–Kier alpha value is -1.66. The first kappa shape index (κ1) is 29.3. The molecular weight excluding hydrogens is 580 g/mol. The molecule has 0 radical (unpaired) electrons. The van der Waals surface area contributed by atoms with Gasteiger partial charge in [0.1, 0.15) is 0 Å². The van der Waals surface area contributed by atoms with E-state index in [-0.39, 0.29) is 0 Å². The van der Waals surface area contributed by atoms with Crippen LogP contribution in [0.1, 0.15) is 55.5 Å². The van der Waals surface area contributed by atoms with E-state index in [2.05, 4.69) is 106 Å². The summed E-state index contributed by atoms with van der Waals surface area (Å²) in [7, 11) is 0. The summed E-state index contributed by atoms with van der Waals surface area (Å²) in [5.41, 5.74) is 6.45. The molecule has 0 bridgehead atoms. The minimum atomic E-state index is 1.00. The summed E-state index contributed by atoms with van der Waals surface area (Å²) in [5, 5.41) is 16.0. The summed E-state index contributed by atoms with van der Waals surface area (Å²) in [6.45, 7) is 11.7. The highest BCUT2D eigenvalue weighted by atomic mass is 79.9. The Kier molecular flexibility index (Phi) is 16.1. The van der Waals surface area contributed by atoms with E-state index in [4.69, 9.17) is 10.5 Å². The summed E-state index contributed by atoms with van der Waals surface area (Å²) in [4.78, 5) is 0. The first-order valence-electron chi connectivity index (χ1n) is 10.2. The molecule has 5 heteroatoms. The molecule has 0 saturated carbocycles. The van der Waals surface area contributed by atoms with Gasteiger partial charge in [-0.1, -0.05) is 94.2 Å². The van der Waals surface area contributed by atoms with E-state index in [1.54, 1.807) is 6.07 Å².